The zero-order valence-electron chi connectivity index (χ0n) is 14.7. The minimum absolute atomic E-state index is 0.0257. The summed E-state index contributed by atoms with van der Waals surface area (Å²) in [6.07, 6.45) is 6.71. The predicted octanol–water partition coefficient (Wildman–Crippen LogP) is 1.51. The molecule has 25 heavy (non-hydrogen) atoms. The predicted molar refractivity (Wildman–Crippen MR) is 96.5 cm³/mol. The molecule has 2 amide bonds. The fraction of sp³-hybridized carbons (Fsp3) is 0.600. The number of carbonyl (C=O) groups excluding carboxylic acids is 2. The van der Waals surface area contributed by atoms with Gasteiger partial charge in [0.15, 0.2) is 0 Å². The van der Waals surface area contributed by atoms with Gasteiger partial charge < -0.3 is 10.6 Å². The summed E-state index contributed by atoms with van der Waals surface area (Å²) in [6, 6.07) is 6.95. The van der Waals surface area contributed by atoms with Crippen LogP contribution in [0.2, 0.25) is 0 Å². The molecule has 134 valence electrons. The molecule has 2 aliphatic heterocycles. The van der Waals surface area contributed by atoms with Crippen molar-refractivity contribution in [3.63, 3.8) is 0 Å². The molecule has 2 fully saturated rings. The first kappa shape index (κ1) is 16.6. The van der Waals surface area contributed by atoms with Crippen LogP contribution in [0.15, 0.2) is 18.2 Å². The van der Waals surface area contributed by atoms with E-state index >= 15 is 0 Å². The lowest BCUT2D eigenvalue weighted by molar-refractivity contribution is -0.119. The van der Waals surface area contributed by atoms with Gasteiger partial charge in [-0.25, -0.2) is 0 Å². The molecule has 0 aromatic heterocycles. The van der Waals surface area contributed by atoms with Gasteiger partial charge in [-0.05, 0) is 48.9 Å². The Morgan fingerprint density at radius 1 is 1.20 bits per heavy atom. The summed E-state index contributed by atoms with van der Waals surface area (Å²) >= 11 is 0. The van der Waals surface area contributed by atoms with E-state index in [4.69, 9.17) is 0 Å². The van der Waals surface area contributed by atoms with Gasteiger partial charge in [0, 0.05) is 50.1 Å². The van der Waals surface area contributed by atoms with Gasteiger partial charge in [0.1, 0.15) is 0 Å². The van der Waals surface area contributed by atoms with Gasteiger partial charge in [0.05, 0.1) is 0 Å². The van der Waals surface area contributed by atoms with Gasteiger partial charge in [-0.1, -0.05) is 12.5 Å². The Morgan fingerprint density at radius 2 is 2.00 bits per heavy atom. The van der Waals surface area contributed by atoms with Crippen molar-refractivity contribution in [1.82, 2.24) is 15.5 Å². The number of amides is 2. The molecule has 1 saturated carbocycles. The monoisotopic (exact) mass is 341 g/mol. The number of hydrogen-bond donors (Lipinski definition) is 2. The van der Waals surface area contributed by atoms with E-state index in [9.17, 15) is 9.59 Å². The van der Waals surface area contributed by atoms with Crippen LogP contribution in [-0.4, -0.2) is 48.9 Å². The summed E-state index contributed by atoms with van der Waals surface area (Å²) in [7, 11) is 0. The van der Waals surface area contributed by atoms with E-state index in [2.05, 4.69) is 27.7 Å². The van der Waals surface area contributed by atoms with Gasteiger partial charge in [-0.15, -0.1) is 0 Å². The maximum absolute atomic E-state index is 12.5. The highest BCUT2D eigenvalue weighted by molar-refractivity contribution is 5.94. The van der Waals surface area contributed by atoms with Crippen LogP contribution in [0.3, 0.4) is 0 Å². The lowest BCUT2D eigenvalue weighted by Crippen LogP contribution is -2.41. The Bertz CT molecular complexity index is 669. The molecule has 2 N–H and O–H groups in total. The van der Waals surface area contributed by atoms with Crippen LogP contribution in [0.4, 0.5) is 0 Å². The van der Waals surface area contributed by atoms with E-state index in [1.54, 1.807) is 0 Å². The maximum atomic E-state index is 12.5. The van der Waals surface area contributed by atoms with Gasteiger partial charge in [0.25, 0.3) is 5.91 Å². The van der Waals surface area contributed by atoms with Crippen molar-refractivity contribution in [2.24, 2.45) is 5.92 Å². The summed E-state index contributed by atoms with van der Waals surface area (Å²) in [5.74, 6) is 0.274. The number of fused-ring (bicyclic) bond motifs is 1. The molecule has 5 heteroatoms. The van der Waals surface area contributed by atoms with Crippen molar-refractivity contribution < 1.29 is 9.59 Å². The Kier molecular flexibility index (Phi) is 4.75. The average molecular weight is 341 g/mol. The third-order valence-electron chi connectivity index (χ3n) is 6.01. The summed E-state index contributed by atoms with van der Waals surface area (Å²) in [6.45, 7) is 3.48. The van der Waals surface area contributed by atoms with Gasteiger partial charge in [-0.2, -0.15) is 0 Å². The fourth-order valence-corrected chi connectivity index (χ4v) is 4.15. The lowest BCUT2D eigenvalue weighted by atomic mass is 9.91. The highest BCUT2D eigenvalue weighted by atomic mass is 16.2. The van der Waals surface area contributed by atoms with E-state index in [1.807, 2.05) is 6.07 Å². The van der Waals surface area contributed by atoms with E-state index in [0.717, 1.165) is 37.5 Å². The first-order valence-electron chi connectivity index (χ1n) is 9.60. The molecule has 1 aromatic rings. The van der Waals surface area contributed by atoms with Gasteiger partial charge >= 0.3 is 0 Å². The zero-order chi connectivity index (χ0) is 17.2. The normalized spacial score (nSPS) is 24.2. The van der Waals surface area contributed by atoms with Crippen LogP contribution < -0.4 is 10.6 Å². The van der Waals surface area contributed by atoms with Crippen LogP contribution >= 0.6 is 0 Å². The number of hydrogen-bond acceptors (Lipinski definition) is 3. The molecule has 3 aliphatic rings. The van der Waals surface area contributed by atoms with Crippen molar-refractivity contribution in [1.29, 1.82) is 0 Å². The fourth-order valence-electron chi connectivity index (χ4n) is 4.15. The molecule has 5 nitrogen and oxygen atoms in total. The highest BCUT2D eigenvalue weighted by Crippen LogP contribution is 2.27. The molecule has 1 unspecified atom stereocenters. The minimum Gasteiger partial charge on any atom is -0.356 e. The van der Waals surface area contributed by atoms with Gasteiger partial charge in [0.2, 0.25) is 5.91 Å². The second-order valence-electron chi connectivity index (χ2n) is 7.69. The first-order valence-corrected chi connectivity index (χ1v) is 9.60. The summed E-state index contributed by atoms with van der Waals surface area (Å²) in [4.78, 5) is 26.3. The third-order valence-corrected chi connectivity index (χ3v) is 6.01. The maximum Gasteiger partial charge on any atom is 0.251 e. The average Bonchev–Trinajstić information content (AvgIpc) is 2.87. The molecule has 0 radical (unpaired) electrons. The van der Waals surface area contributed by atoms with Crippen LogP contribution in [0.5, 0.6) is 0 Å². The highest BCUT2D eigenvalue weighted by Gasteiger charge is 2.26. The van der Waals surface area contributed by atoms with Gasteiger partial charge in [-0.3, -0.25) is 14.5 Å². The third kappa shape index (κ3) is 3.71. The molecular weight excluding hydrogens is 314 g/mol. The molecule has 1 saturated heterocycles. The van der Waals surface area contributed by atoms with Crippen LogP contribution in [0, 0.1) is 5.92 Å². The molecular formula is C20H27N3O2. The zero-order valence-corrected chi connectivity index (χ0v) is 14.7. The number of nitrogens with zero attached hydrogens (tertiary/aromatic N) is 1. The number of nitrogens with one attached hydrogen (secondary N) is 2. The SMILES string of the molecule is O=C1CC(CNC(=O)c2ccc3c(c2)CCN(C2CCC2)CC3)CN1. The molecule has 4 rings (SSSR count). The van der Waals surface area contributed by atoms with Crippen LogP contribution in [-0.2, 0) is 17.6 Å². The second kappa shape index (κ2) is 7.16. The molecule has 1 aliphatic carbocycles. The second-order valence-corrected chi connectivity index (χ2v) is 7.69. The molecule has 0 spiro atoms. The smallest absolute Gasteiger partial charge is 0.251 e. The Balaban J connectivity index is 1.36. The van der Waals surface area contributed by atoms with E-state index < -0.39 is 0 Å². The quantitative estimate of drug-likeness (QED) is 0.873. The minimum atomic E-state index is -0.0257. The molecule has 1 aromatic carbocycles. The number of benzene rings is 1. The molecule has 1 atom stereocenters. The largest absolute Gasteiger partial charge is 0.356 e. The van der Waals surface area contributed by atoms with Crippen molar-refractivity contribution in [3.05, 3.63) is 34.9 Å². The standard InChI is InChI=1S/C20H27N3O2/c24-19-10-14(12-21-19)13-22-20(25)17-5-4-15-6-8-23(18-2-1-3-18)9-7-16(15)11-17/h4-5,11,14,18H,1-3,6-10,12-13H2,(H,21,24)(H,22,25). The van der Waals surface area contributed by atoms with Crippen molar-refractivity contribution in [2.45, 2.75) is 44.6 Å². The summed E-state index contributed by atoms with van der Waals surface area (Å²) in [5.41, 5.74) is 3.46. The Labute approximate surface area is 149 Å². The topological polar surface area (TPSA) is 61.4 Å². The van der Waals surface area contributed by atoms with E-state index in [0.29, 0.717) is 19.5 Å². The van der Waals surface area contributed by atoms with Crippen molar-refractivity contribution in [2.75, 3.05) is 26.2 Å². The van der Waals surface area contributed by atoms with E-state index in [-0.39, 0.29) is 17.7 Å². The van der Waals surface area contributed by atoms with Crippen molar-refractivity contribution >= 4 is 11.8 Å². The van der Waals surface area contributed by atoms with Crippen LogP contribution in [0.25, 0.3) is 0 Å². The number of carbonyl (C=O) groups is 2. The number of rotatable bonds is 4. The first-order chi connectivity index (χ1) is 12.2. The summed E-state index contributed by atoms with van der Waals surface area (Å²) in [5, 5.41) is 5.80. The molecule has 2 heterocycles. The lowest BCUT2D eigenvalue weighted by Gasteiger charge is -2.36. The Hall–Kier alpha value is -1.88. The summed E-state index contributed by atoms with van der Waals surface area (Å²) < 4.78 is 0. The Morgan fingerprint density at radius 3 is 2.68 bits per heavy atom. The van der Waals surface area contributed by atoms with E-state index in [1.165, 1.54) is 30.4 Å². The molecule has 0 bridgehead atoms. The van der Waals surface area contributed by atoms with Crippen molar-refractivity contribution in [3.8, 4) is 0 Å². The van der Waals surface area contributed by atoms with Crippen LogP contribution in [0.1, 0.15) is 47.2 Å².